The summed E-state index contributed by atoms with van der Waals surface area (Å²) in [5.74, 6) is 0.920. The quantitative estimate of drug-likeness (QED) is 0.802. The first-order chi connectivity index (χ1) is 9.78. The molecule has 0 saturated heterocycles. The Hall–Kier alpha value is -1.78. The Balaban J connectivity index is 1.87. The molecule has 0 aliphatic heterocycles. The normalized spacial score (nSPS) is 10.2. The zero-order chi connectivity index (χ0) is 14.2. The molecule has 0 bridgehead atoms. The van der Waals surface area contributed by atoms with Crippen molar-refractivity contribution in [3.05, 3.63) is 60.2 Å². The largest absolute Gasteiger partial charge is 0.325 e. The molecule has 0 spiro atoms. The van der Waals surface area contributed by atoms with Crippen molar-refractivity contribution in [3.8, 4) is 0 Å². The Labute approximate surface area is 123 Å². The highest BCUT2D eigenvalue weighted by atomic mass is 32.2. The summed E-state index contributed by atoms with van der Waals surface area (Å²) < 4.78 is 0. The summed E-state index contributed by atoms with van der Waals surface area (Å²) >= 11 is 1.79. The Morgan fingerprint density at radius 1 is 1.05 bits per heavy atom. The van der Waals surface area contributed by atoms with Crippen LogP contribution >= 0.6 is 11.8 Å². The number of carbonyl (C=O) groups excluding carboxylic acids is 1. The van der Waals surface area contributed by atoms with Gasteiger partial charge in [0, 0.05) is 16.3 Å². The highest BCUT2D eigenvalue weighted by Gasteiger charge is 2.01. The third kappa shape index (κ3) is 4.72. The van der Waals surface area contributed by atoms with Gasteiger partial charge in [0.25, 0.3) is 0 Å². The second-order valence-electron chi connectivity index (χ2n) is 4.38. The van der Waals surface area contributed by atoms with E-state index in [4.69, 9.17) is 0 Å². The molecule has 104 valence electrons. The highest BCUT2D eigenvalue weighted by Crippen LogP contribution is 2.24. The molecule has 0 heterocycles. The van der Waals surface area contributed by atoms with Crippen LogP contribution in [-0.4, -0.2) is 19.5 Å². The summed E-state index contributed by atoms with van der Waals surface area (Å²) in [4.78, 5) is 12.6. The molecule has 0 aliphatic carbocycles. The van der Waals surface area contributed by atoms with Gasteiger partial charge in [0.15, 0.2) is 0 Å². The van der Waals surface area contributed by atoms with Crippen LogP contribution in [0.2, 0.25) is 0 Å². The van der Waals surface area contributed by atoms with Crippen LogP contribution in [0, 0.1) is 0 Å². The smallest absolute Gasteiger partial charge is 0.238 e. The predicted molar refractivity (Wildman–Crippen MR) is 85.0 cm³/mol. The fourth-order valence-electron chi connectivity index (χ4n) is 1.74. The van der Waals surface area contributed by atoms with Gasteiger partial charge in [-0.1, -0.05) is 30.3 Å². The standard InChI is InChI=1S/C16H18N2OS/c1-17-11-16(19)18-14-7-9-15(10-8-14)20-12-13-5-3-2-4-6-13/h2-10,17H,11-12H2,1H3,(H,18,19). The number of anilines is 1. The Kier molecular flexibility index (Phi) is 5.65. The lowest BCUT2D eigenvalue weighted by Crippen LogP contribution is -2.24. The van der Waals surface area contributed by atoms with Crippen molar-refractivity contribution in [1.29, 1.82) is 0 Å². The number of benzene rings is 2. The maximum atomic E-state index is 11.4. The SMILES string of the molecule is CNCC(=O)Nc1ccc(SCc2ccccc2)cc1. The summed E-state index contributed by atoms with van der Waals surface area (Å²) in [6.45, 7) is 0.324. The molecule has 0 saturated carbocycles. The van der Waals surface area contributed by atoms with Crippen LogP contribution in [0.15, 0.2) is 59.5 Å². The maximum absolute atomic E-state index is 11.4. The molecule has 2 N–H and O–H groups in total. The number of amides is 1. The van der Waals surface area contributed by atoms with Crippen molar-refractivity contribution >= 4 is 23.4 Å². The third-order valence-electron chi connectivity index (χ3n) is 2.72. The van der Waals surface area contributed by atoms with Crippen LogP contribution in [0.1, 0.15) is 5.56 Å². The van der Waals surface area contributed by atoms with Crippen LogP contribution in [-0.2, 0) is 10.5 Å². The minimum Gasteiger partial charge on any atom is -0.325 e. The van der Waals surface area contributed by atoms with E-state index in [0.29, 0.717) is 6.54 Å². The van der Waals surface area contributed by atoms with E-state index < -0.39 is 0 Å². The van der Waals surface area contributed by atoms with E-state index in [9.17, 15) is 4.79 Å². The molecule has 4 heteroatoms. The van der Waals surface area contributed by atoms with Gasteiger partial charge in [0.1, 0.15) is 0 Å². The van der Waals surface area contributed by atoms with Gasteiger partial charge in [-0.15, -0.1) is 11.8 Å². The first kappa shape index (κ1) is 14.6. The Bertz CT molecular complexity index is 540. The van der Waals surface area contributed by atoms with Crippen LogP contribution in [0.5, 0.6) is 0 Å². The Morgan fingerprint density at radius 2 is 1.75 bits per heavy atom. The summed E-state index contributed by atoms with van der Waals surface area (Å²) in [5.41, 5.74) is 2.14. The highest BCUT2D eigenvalue weighted by molar-refractivity contribution is 7.98. The van der Waals surface area contributed by atoms with E-state index in [1.807, 2.05) is 30.3 Å². The molecule has 0 aromatic heterocycles. The number of hydrogen-bond donors (Lipinski definition) is 2. The average Bonchev–Trinajstić information content (AvgIpc) is 2.48. The molecule has 1 amide bonds. The van der Waals surface area contributed by atoms with E-state index in [0.717, 1.165) is 11.4 Å². The molecular weight excluding hydrogens is 268 g/mol. The van der Waals surface area contributed by atoms with Crippen LogP contribution < -0.4 is 10.6 Å². The lowest BCUT2D eigenvalue weighted by molar-refractivity contribution is -0.115. The fourth-order valence-corrected chi connectivity index (χ4v) is 2.60. The molecule has 20 heavy (non-hydrogen) atoms. The van der Waals surface area contributed by atoms with Crippen molar-refractivity contribution in [3.63, 3.8) is 0 Å². The Morgan fingerprint density at radius 3 is 2.40 bits per heavy atom. The topological polar surface area (TPSA) is 41.1 Å². The molecule has 0 radical (unpaired) electrons. The van der Waals surface area contributed by atoms with Gasteiger partial charge in [0.2, 0.25) is 5.91 Å². The molecule has 0 unspecified atom stereocenters. The summed E-state index contributed by atoms with van der Waals surface area (Å²) in [7, 11) is 1.75. The van der Waals surface area contributed by atoms with Gasteiger partial charge < -0.3 is 10.6 Å². The lowest BCUT2D eigenvalue weighted by atomic mass is 10.2. The van der Waals surface area contributed by atoms with Gasteiger partial charge >= 0.3 is 0 Å². The second kappa shape index (κ2) is 7.72. The van der Waals surface area contributed by atoms with Crippen LogP contribution in [0.3, 0.4) is 0 Å². The molecule has 3 nitrogen and oxygen atoms in total. The molecule has 2 aromatic rings. The van der Waals surface area contributed by atoms with E-state index >= 15 is 0 Å². The molecular formula is C16H18N2OS. The first-order valence-corrected chi connectivity index (χ1v) is 7.48. The minimum atomic E-state index is -0.0304. The minimum absolute atomic E-state index is 0.0304. The maximum Gasteiger partial charge on any atom is 0.238 e. The summed E-state index contributed by atoms with van der Waals surface area (Å²) in [6.07, 6.45) is 0. The number of carbonyl (C=O) groups is 1. The van der Waals surface area contributed by atoms with Crippen molar-refractivity contribution in [2.75, 3.05) is 18.9 Å². The van der Waals surface area contributed by atoms with E-state index in [1.54, 1.807) is 18.8 Å². The van der Waals surface area contributed by atoms with Crippen LogP contribution in [0.25, 0.3) is 0 Å². The number of nitrogens with one attached hydrogen (secondary N) is 2. The van der Waals surface area contributed by atoms with E-state index in [2.05, 4.69) is 34.9 Å². The van der Waals surface area contributed by atoms with Crippen molar-refractivity contribution in [2.24, 2.45) is 0 Å². The van der Waals surface area contributed by atoms with Crippen molar-refractivity contribution < 1.29 is 4.79 Å². The number of hydrogen-bond acceptors (Lipinski definition) is 3. The van der Waals surface area contributed by atoms with Gasteiger partial charge in [-0.25, -0.2) is 0 Å². The summed E-state index contributed by atoms with van der Waals surface area (Å²) in [5, 5.41) is 5.65. The zero-order valence-electron chi connectivity index (χ0n) is 11.4. The predicted octanol–water partition coefficient (Wildman–Crippen LogP) is 3.14. The molecule has 0 fully saturated rings. The van der Waals surface area contributed by atoms with Gasteiger partial charge in [-0.3, -0.25) is 4.79 Å². The number of rotatable bonds is 6. The van der Waals surface area contributed by atoms with Crippen molar-refractivity contribution in [1.82, 2.24) is 5.32 Å². The zero-order valence-corrected chi connectivity index (χ0v) is 12.2. The van der Waals surface area contributed by atoms with E-state index in [1.165, 1.54) is 10.5 Å². The van der Waals surface area contributed by atoms with Crippen molar-refractivity contribution in [2.45, 2.75) is 10.6 Å². The third-order valence-corrected chi connectivity index (χ3v) is 3.81. The van der Waals surface area contributed by atoms with E-state index in [-0.39, 0.29) is 5.91 Å². The molecule has 2 rings (SSSR count). The number of likely N-dealkylation sites (N-methyl/N-ethyl adjacent to an activating group) is 1. The van der Waals surface area contributed by atoms with Gasteiger partial charge in [-0.2, -0.15) is 0 Å². The second-order valence-corrected chi connectivity index (χ2v) is 5.43. The summed E-state index contributed by atoms with van der Waals surface area (Å²) in [6, 6.07) is 18.3. The molecule has 0 atom stereocenters. The molecule has 0 aliphatic rings. The monoisotopic (exact) mass is 286 g/mol. The van der Waals surface area contributed by atoms with Crippen LogP contribution in [0.4, 0.5) is 5.69 Å². The fraction of sp³-hybridized carbons (Fsp3) is 0.188. The van der Waals surface area contributed by atoms with Gasteiger partial charge in [-0.05, 0) is 36.9 Å². The number of thioether (sulfide) groups is 1. The molecule has 2 aromatic carbocycles. The lowest BCUT2D eigenvalue weighted by Gasteiger charge is -2.06. The first-order valence-electron chi connectivity index (χ1n) is 6.49. The average molecular weight is 286 g/mol. The van der Waals surface area contributed by atoms with Gasteiger partial charge in [0.05, 0.1) is 6.54 Å².